The third kappa shape index (κ3) is 8.75. The minimum Gasteiger partial charge on any atom is -0.494 e. The highest BCUT2D eigenvalue weighted by Gasteiger charge is 2.25. The molecule has 2 aromatic rings. The van der Waals surface area contributed by atoms with Crippen molar-refractivity contribution in [1.29, 1.82) is 5.26 Å². The van der Waals surface area contributed by atoms with E-state index < -0.39 is 0 Å². The first-order chi connectivity index (χ1) is 15.2. The molecule has 31 heavy (non-hydrogen) atoms. The maximum Gasteiger partial charge on any atom is 0.119 e. The van der Waals surface area contributed by atoms with Gasteiger partial charge in [0.15, 0.2) is 0 Å². The van der Waals surface area contributed by atoms with E-state index in [0.717, 1.165) is 48.3 Å². The fourth-order valence-electron chi connectivity index (χ4n) is 3.82. The maximum atomic E-state index is 8.89. The summed E-state index contributed by atoms with van der Waals surface area (Å²) in [5, 5.41) is 8.89. The van der Waals surface area contributed by atoms with Crippen LogP contribution in [-0.4, -0.2) is 31.1 Å². The Kier molecular flexibility index (Phi) is 13.3. The van der Waals surface area contributed by atoms with E-state index in [4.69, 9.17) is 10.00 Å². The quantitative estimate of drug-likeness (QED) is 0.415. The number of benzene rings is 2. The zero-order valence-electron chi connectivity index (χ0n) is 20.5. The van der Waals surface area contributed by atoms with E-state index in [2.05, 4.69) is 36.9 Å². The van der Waals surface area contributed by atoms with Gasteiger partial charge in [-0.2, -0.15) is 5.26 Å². The molecule has 1 heterocycles. The van der Waals surface area contributed by atoms with Gasteiger partial charge < -0.3 is 9.64 Å². The van der Waals surface area contributed by atoms with Crippen molar-refractivity contribution in [1.82, 2.24) is 4.90 Å². The number of hydrogen-bond acceptors (Lipinski definition) is 3. The Morgan fingerprint density at radius 3 is 2.13 bits per heavy atom. The van der Waals surface area contributed by atoms with Crippen molar-refractivity contribution < 1.29 is 4.74 Å². The molecule has 1 aliphatic heterocycles. The first-order valence-electron chi connectivity index (χ1n) is 12.2. The van der Waals surface area contributed by atoms with E-state index in [1.165, 1.54) is 25.9 Å². The Hall–Kier alpha value is -2.31. The van der Waals surface area contributed by atoms with E-state index in [0.29, 0.717) is 5.56 Å². The molecule has 2 aromatic carbocycles. The van der Waals surface area contributed by atoms with Crippen molar-refractivity contribution in [2.45, 2.75) is 60.8 Å². The highest BCUT2D eigenvalue weighted by molar-refractivity contribution is 5.64. The topological polar surface area (TPSA) is 36.3 Å². The lowest BCUT2D eigenvalue weighted by molar-refractivity contribution is 0.250. The molecule has 0 radical (unpaired) electrons. The second-order valence-electron chi connectivity index (χ2n) is 7.65. The summed E-state index contributed by atoms with van der Waals surface area (Å²) < 4.78 is 5.92. The number of rotatable bonds is 8. The van der Waals surface area contributed by atoms with E-state index in [9.17, 15) is 0 Å². The van der Waals surface area contributed by atoms with Crippen molar-refractivity contribution in [2.75, 3.05) is 26.2 Å². The van der Waals surface area contributed by atoms with Gasteiger partial charge >= 0.3 is 0 Å². The first-order valence-corrected chi connectivity index (χ1v) is 12.2. The van der Waals surface area contributed by atoms with E-state index in [-0.39, 0.29) is 0 Å². The lowest BCUT2D eigenvalue weighted by Crippen LogP contribution is -2.24. The zero-order valence-corrected chi connectivity index (χ0v) is 20.5. The molecule has 0 saturated carbocycles. The van der Waals surface area contributed by atoms with Crippen LogP contribution in [0.4, 0.5) is 0 Å². The summed E-state index contributed by atoms with van der Waals surface area (Å²) in [6, 6.07) is 18.0. The molecule has 2 unspecified atom stereocenters. The molecule has 0 spiro atoms. The fourth-order valence-corrected chi connectivity index (χ4v) is 3.82. The molecule has 0 aromatic heterocycles. The highest BCUT2D eigenvalue weighted by Crippen LogP contribution is 2.26. The molecule has 3 heteroatoms. The van der Waals surface area contributed by atoms with Gasteiger partial charge in [-0.05, 0) is 66.6 Å². The van der Waals surface area contributed by atoms with E-state index in [1.54, 1.807) is 0 Å². The predicted octanol–water partition coefficient (Wildman–Crippen LogP) is 7.41. The van der Waals surface area contributed by atoms with Crippen LogP contribution < -0.4 is 4.74 Å². The van der Waals surface area contributed by atoms with Gasteiger partial charge in [0.05, 0.1) is 18.2 Å². The normalized spacial score (nSPS) is 16.2. The smallest absolute Gasteiger partial charge is 0.119 e. The molecule has 2 atom stereocenters. The van der Waals surface area contributed by atoms with Crippen molar-refractivity contribution >= 4 is 0 Å². The molecule has 1 aliphatic rings. The third-order valence-corrected chi connectivity index (χ3v) is 5.85. The molecule has 3 nitrogen and oxygen atoms in total. The minimum atomic E-state index is 0.687. The second kappa shape index (κ2) is 15.5. The van der Waals surface area contributed by atoms with Gasteiger partial charge in [0, 0.05) is 13.1 Å². The molecule has 1 saturated heterocycles. The van der Waals surface area contributed by atoms with Crippen LogP contribution in [-0.2, 0) is 0 Å². The Morgan fingerprint density at radius 2 is 1.58 bits per heavy atom. The van der Waals surface area contributed by atoms with Gasteiger partial charge in [-0.15, -0.1) is 0 Å². The summed E-state index contributed by atoms with van der Waals surface area (Å²) >= 11 is 0. The molecule has 1 fully saturated rings. The number of nitrogens with zero attached hydrogens (tertiary/aromatic N) is 2. The lowest BCUT2D eigenvalue weighted by Gasteiger charge is -2.19. The third-order valence-electron chi connectivity index (χ3n) is 5.85. The van der Waals surface area contributed by atoms with E-state index in [1.807, 2.05) is 64.1 Å². The Balaban J connectivity index is 0.00000113. The van der Waals surface area contributed by atoms with Gasteiger partial charge in [0.2, 0.25) is 0 Å². The lowest BCUT2D eigenvalue weighted by atomic mass is 9.91. The molecule has 3 rings (SSSR count). The number of hydrogen-bond donors (Lipinski definition) is 0. The van der Waals surface area contributed by atoms with Gasteiger partial charge in [0.1, 0.15) is 5.75 Å². The summed E-state index contributed by atoms with van der Waals surface area (Å²) in [4.78, 5) is 2.59. The average Bonchev–Trinajstić information content (AvgIpc) is 3.33. The van der Waals surface area contributed by atoms with Gasteiger partial charge in [-0.1, -0.05) is 72.2 Å². The Bertz CT molecular complexity index is 746. The van der Waals surface area contributed by atoms with Crippen LogP contribution in [0.25, 0.3) is 11.1 Å². The van der Waals surface area contributed by atoms with Crippen LogP contribution in [0, 0.1) is 23.2 Å². The van der Waals surface area contributed by atoms with Crippen LogP contribution in [0.5, 0.6) is 5.75 Å². The highest BCUT2D eigenvalue weighted by atomic mass is 16.5. The van der Waals surface area contributed by atoms with Crippen molar-refractivity contribution in [3.63, 3.8) is 0 Å². The second-order valence-corrected chi connectivity index (χ2v) is 7.65. The minimum absolute atomic E-state index is 0.687. The van der Waals surface area contributed by atoms with Crippen molar-refractivity contribution in [3.8, 4) is 22.9 Å². The number of likely N-dealkylation sites (tertiary alicyclic amines) is 1. The summed E-state index contributed by atoms with van der Waals surface area (Å²) in [5.41, 5.74) is 2.94. The summed E-state index contributed by atoms with van der Waals surface area (Å²) in [6.45, 7) is 17.1. The van der Waals surface area contributed by atoms with Crippen molar-refractivity contribution in [2.24, 2.45) is 11.8 Å². The summed E-state index contributed by atoms with van der Waals surface area (Å²) in [6.07, 6.45) is 3.72. The maximum absolute atomic E-state index is 8.89. The Labute approximate surface area is 191 Å². The summed E-state index contributed by atoms with van der Waals surface area (Å²) in [5.74, 6) is 2.65. The van der Waals surface area contributed by atoms with Crippen LogP contribution >= 0.6 is 0 Å². The van der Waals surface area contributed by atoms with Crippen molar-refractivity contribution in [3.05, 3.63) is 54.1 Å². The van der Waals surface area contributed by atoms with Crippen LogP contribution in [0.1, 0.15) is 66.4 Å². The van der Waals surface area contributed by atoms with Gasteiger partial charge in [-0.3, -0.25) is 0 Å². The molecule has 0 N–H and O–H groups in total. The fraction of sp³-hybridized carbons (Fsp3) is 0.536. The van der Waals surface area contributed by atoms with Gasteiger partial charge in [0.25, 0.3) is 0 Å². The standard InChI is InChI=1S/C24H30N2O.2C2H6/c1-3-19(2)23-13-15-26(18-23)14-4-16-27-24-11-9-22(10-12-24)21-7-5-20(17-25)6-8-21;2*1-2/h5-12,19,23H,3-4,13-16,18H2,1-2H3;2*1-2H3. The largest absolute Gasteiger partial charge is 0.494 e. The van der Waals surface area contributed by atoms with Crippen LogP contribution in [0.15, 0.2) is 48.5 Å². The molecule has 0 amide bonds. The SMILES string of the molecule is CC.CC.CCC(C)C1CCN(CCCOc2ccc(-c3ccc(C#N)cc3)cc2)C1. The van der Waals surface area contributed by atoms with Crippen LogP contribution in [0.2, 0.25) is 0 Å². The number of nitriles is 1. The molecule has 0 bridgehead atoms. The van der Waals surface area contributed by atoms with E-state index >= 15 is 0 Å². The van der Waals surface area contributed by atoms with Gasteiger partial charge in [-0.25, -0.2) is 0 Å². The summed E-state index contributed by atoms with van der Waals surface area (Å²) in [7, 11) is 0. The monoisotopic (exact) mass is 422 g/mol. The molecular weight excluding hydrogens is 380 g/mol. The molecular formula is C28H42N2O. The molecule has 170 valence electrons. The predicted molar refractivity (Wildman–Crippen MR) is 133 cm³/mol. The number of ether oxygens (including phenoxy) is 1. The molecule has 0 aliphatic carbocycles. The first kappa shape index (κ1) is 26.7. The zero-order chi connectivity index (χ0) is 23.1. The van der Waals surface area contributed by atoms with Crippen LogP contribution in [0.3, 0.4) is 0 Å². The Morgan fingerprint density at radius 1 is 1.00 bits per heavy atom. The average molecular weight is 423 g/mol.